The zero-order valence-corrected chi connectivity index (χ0v) is 12.0. The van der Waals surface area contributed by atoms with Crippen LogP contribution in [0.1, 0.15) is 12.0 Å². The Morgan fingerprint density at radius 1 is 1.24 bits per heavy atom. The summed E-state index contributed by atoms with van der Waals surface area (Å²) in [6, 6.07) is 7.65. The van der Waals surface area contributed by atoms with Crippen LogP contribution in [0, 0.1) is 6.92 Å². The highest BCUT2D eigenvalue weighted by atomic mass is 16.5. The van der Waals surface area contributed by atoms with Crippen molar-refractivity contribution >= 4 is 11.8 Å². The van der Waals surface area contributed by atoms with Gasteiger partial charge in [0.1, 0.15) is 5.75 Å². The second-order valence-electron chi connectivity index (χ2n) is 4.62. The van der Waals surface area contributed by atoms with Gasteiger partial charge >= 0.3 is 5.97 Å². The molecule has 0 radical (unpaired) electrons. The summed E-state index contributed by atoms with van der Waals surface area (Å²) in [5, 5.41) is 0. The van der Waals surface area contributed by atoms with E-state index in [2.05, 4.69) is 4.74 Å². The van der Waals surface area contributed by atoms with Gasteiger partial charge in [-0.1, -0.05) is 36.4 Å². The molecule has 1 aromatic rings. The van der Waals surface area contributed by atoms with Gasteiger partial charge in [-0.2, -0.15) is 0 Å². The Morgan fingerprint density at radius 3 is 2.71 bits per heavy atom. The molecule has 0 spiro atoms. The number of hydrogen-bond acceptors (Lipinski definition) is 4. The molecule has 4 heteroatoms. The number of esters is 1. The van der Waals surface area contributed by atoms with Crippen molar-refractivity contribution in [3.63, 3.8) is 0 Å². The number of benzene rings is 1. The van der Waals surface area contributed by atoms with Gasteiger partial charge in [0, 0.05) is 12.0 Å². The minimum atomic E-state index is -0.851. The fraction of sp³-hybridized carbons (Fsp3) is 0.176. The van der Waals surface area contributed by atoms with Gasteiger partial charge in [-0.25, -0.2) is 4.79 Å². The largest absolute Gasteiger partial charge is 0.464 e. The SMILES string of the molecule is COC(=O)C(=O)C1=CC=CC(=COc2ccccc2C)C1. The summed E-state index contributed by atoms with van der Waals surface area (Å²) in [4.78, 5) is 23.0. The normalized spacial score (nSPS) is 15.5. The lowest BCUT2D eigenvalue weighted by molar-refractivity contribution is -0.149. The van der Waals surface area contributed by atoms with Crippen LogP contribution in [0.3, 0.4) is 0 Å². The van der Waals surface area contributed by atoms with Crippen LogP contribution in [0.25, 0.3) is 0 Å². The Labute approximate surface area is 123 Å². The first-order valence-corrected chi connectivity index (χ1v) is 6.53. The van der Waals surface area contributed by atoms with E-state index in [4.69, 9.17) is 4.74 Å². The average Bonchev–Trinajstić information content (AvgIpc) is 2.53. The predicted molar refractivity (Wildman–Crippen MR) is 78.8 cm³/mol. The van der Waals surface area contributed by atoms with Crippen LogP contribution < -0.4 is 4.74 Å². The zero-order chi connectivity index (χ0) is 15.2. The third-order valence-corrected chi connectivity index (χ3v) is 3.10. The molecule has 0 unspecified atom stereocenters. The molecule has 4 nitrogen and oxygen atoms in total. The Bertz CT molecular complexity index is 651. The molecule has 21 heavy (non-hydrogen) atoms. The lowest BCUT2D eigenvalue weighted by Crippen LogP contribution is -2.18. The summed E-state index contributed by atoms with van der Waals surface area (Å²) in [5.41, 5.74) is 2.23. The zero-order valence-electron chi connectivity index (χ0n) is 12.0. The van der Waals surface area contributed by atoms with Crippen LogP contribution in [0.2, 0.25) is 0 Å². The molecule has 0 saturated heterocycles. The van der Waals surface area contributed by atoms with Crippen LogP contribution >= 0.6 is 0 Å². The summed E-state index contributed by atoms with van der Waals surface area (Å²) in [7, 11) is 1.19. The molecule has 0 fully saturated rings. The smallest absolute Gasteiger partial charge is 0.379 e. The van der Waals surface area contributed by atoms with Crippen LogP contribution in [-0.2, 0) is 14.3 Å². The number of ether oxygens (including phenoxy) is 2. The van der Waals surface area contributed by atoms with E-state index in [1.807, 2.05) is 37.3 Å². The molecule has 2 rings (SSSR count). The van der Waals surface area contributed by atoms with Crippen molar-refractivity contribution in [2.45, 2.75) is 13.3 Å². The number of methoxy groups -OCH3 is 1. The molecule has 0 N–H and O–H groups in total. The molecule has 0 aliphatic heterocycles. The lowest BCUT2D eigenvalue weighted by Gasteiger charge is -2.11. The molecule has 1 aromatic carbocycles. The number of carbonyl (C=O) groups excluding carboxylic acids is 2. The summed E-state index contributed by atoms with van der Waals surface area (Å²) >= 11 is 0. The van der Waals surface area contributed by atoms with E-state index in [-0.39, 0.29) is 0 Å². The molecule has 1 aliphatic rings. The highest BCUT2D eigenvalue weighted by Gasteiger charge is 2.21. The third kappa shape index (κ3) is 3.69. The number of para-hydroxylation sites is 1. The molecular weight excluding hydrogens is 268 g/mol. The molecule has 0 aromatic heterocycles. The van der Waals surface area contributed by atoms with Gasteiger partial charge in [-0.15, -0.1) is 0 Å². The molecule has 1 aliphatic carbocycles. The number of Topliss-reactive ketones (excluding diaryl/α,β-unsaturated/α-hetero) is 1. The van der Waals surface area contributed by atoms with E-state index in [1.165, 1.54) is 7.11 Å². The molecule has 0 amide bonds. The van der Waals surface area contributed by atoms with E-state index in [1.54, 1.807) is 18.4 Å². The molecule has 0 saturated carbocycles. The quantitative estimate of drug-likeness (QED) is 0.484. The third-order valence-electron chi connectivity index (χ3n) is 3.10. The van der Waals surface area contributed by atoms with E-state index in [0.717, 1.165) is 16.9 Å². The second kappa shape index (κ2) is 6.70. The second-order valence-corrected chi connectivity index (χ2v) is 4.62. The van der Waals surface area contributed by atoms with E-state index < -0.39 is 11.8 Å². The molecule has 108 valence electrons. The van der Waals surface area contributed by atoms with Gasteiger partial charge in [0.15, 0.2) is 0 Å². The van der Waals surface area contributed by atoms with Crippen molar-refractivity contribution in [1.82, 2.24) is 0 Å². The molecule has 0 bridgehead atoms. The Kier molecular flexibility index (Phi) is 4.72. The Balaban J connectivity index is 2.07. The van der Waals surface area contributed by atoms with Crippen LogP contribution in [0.15, 0.2) is 59.9 Å². The van der Waals surface area contributed by atoms with Crippen LogP contribution in [0.5, 0.6) is 5.75 Å². The van der Waals surface area contributed by atoms with E-state index in [9.17, 15) is 9.59 Å². The summed E-state index contributed by atoms with van der Waals surface area (Å²) in [6.07, 6.45) is 7.11. The monoisotopic (exact) mass is 284 g/mol. The number of carbonyl (C=O) groups is 2. The molecule has 0 heterocycles. The Hall–Kier alpha value is -2.62. The van der Waals surface area contributed by atoms with Crippen molar-refractivity contribution in [2.75, 3.05) is 7.11 Å². The maximum atomic E-state index is 11.8. The standard InChI is InChI=1S/C17H16O4/c1-12-6-3-4-9-15(12)21-11-13-7-5-8-14(10-13)16(18)17(19)20-2/h3-9,11H,10H2,1-2H3. The van der Waals surface area contributed by atoms with Gasteiger partial charge in [0.25, 0.3) is 5.78 Å². The van der Waals surface area contributed by atoms with Crippen molar-refractivity contribution in [3.05, 3.63) is 65.5 Å². The van der Waals surface area contributed by atoms with Crippen LogP contribution in [-0.4, -0.2) is 18.9 Å². The highest BCUT2D eigenvalue weighted by Crippen LogP contribution is 2.21. The van der Waals surface area contributed by atoms with Crippen molar-refractivity contribution in [1.29, 1.82) is 0 Å². The summed E-state index contributed by atoms with van der Waals surface area (Å²) in [5.74, 6) is -0.715. The number of allylic oxidation sites excluding steroid dienone is 4. The molecular formula is C17H16O4. The maximum Gasteiger partial charge on any atom is 0.379 e. The molecule has 0 atom stereocenters. The van der Waals surface area contributed by atoms with E-state index >= 15 is 0 Å². The number of hydrogen-bond donors (Lipinski definition) is 0. The fourth-order valence-corrected chi connectivity index (χ4v) is 1.91. The van der Waals surface area contributed by atoms with E-state index in [0.29, 0.717) is 12.0 Å². The number of ketones is 1. The summed E-state index contributed by atoms with van der Waals surface area (Å²) < 4.78 is 10.1. The predicted octanol–water partition coefficient (Wildman–Crippen LogP) is 2.89. The first-order chi connectivity index (χ1) is 10.1. The first-order valence-electron chi connectivity index (χ1n) is 6.53. The lowest BCUT2D eigenvalue weighted by atomic mass is 9.97. The average molecular weight is 284 g/mol. The minimum absolute atomic E-state index is 0.344. The fourth-order valence-electron chi connectivity index (χ4n) is 1.91. The minimum Gasteiger partial charge on any atom is -0.464 e. The van der Waals surface area contributed by atoms with Gasteiger partial charge in [-0.05, 0) is 24.1 Å². The van der Waals surface area contributed by atoms with Crippen molar-refractivity contribution < 1.29 is 19.1 Å². The topological polar surface area (TPSA) is 52.6 Å². The van der Waals surface area contributed by atoms with Crippen molar-refractivity contribution in [2.24, 2.45) is 0 Å². The maximum absolute atomic E-state index is 11.8. The Morgan fingerprint density at radius 2 is 2.00 bits per heavy atom. The van der Waals surface area contributed by atoms with Gasteiger partial charge < -0.3 is 9.47 Å². The van der Waals surface area contributed by atoms with Gasteiger partial charge in [-0.3, -0.25) is 4.79 Å². The van der Waals surface area contributed by atoms with Gasteiger partial charge in [0.05, 0.1) is 13.4 Å². The van der Waals surface area contributed by atoms with Gasteiger partial charge in [0.2, 0.25) is 0 Å². The number of aryl methyl sites for hydroxylation is 1. The summed E-state index contributed by atoms with van der Waals surface area (Å²) in [6.45, 7) is 1.96. The first kappa shape index (κ1) is 14.8. The highest BCUT2D eigenvalue weighted by molar-refractivity contribution is 6.40. The number of rotatable bonds is 4. The van der Waals surface area contributed by atoms with Crippen LogP contribution in [0.4, 0.5) is 0 Å². The van der Waals surface area contributed by atoms with Crippen molar-refractivity contribution in [3.8, 4) is 5.75 Å².